The number of hydrogen-bond acceptors (Lipinski definition) is 2. The van der Waals surface area contributed by atoms with Crippen molar-refractivity contribution >= 4 is 0 Å². The third-order valence-corrected chi connectivity index (χ3v) is 1.42. The van der Waals surface area contributed by atoms with Gasteiger partial charge in [0, 0.05) is 0 Å². The van der Waals surface area contributed by atoms with Crippen molar-refractivity contribution in [3.8, 4) is 0 Å². The first-order valence-corrected chi connectivity index (χ1v) is 2.21. The summed E-state index contributed by atoms with van der Waals surface area (Å²) in [5, 5.41) is 0. The largest absolute Gasteiger partial charge is 0.313 e. The van der Waals surface area contributed by atoms with E-state index in [1.54, 1.807) is 0 Å². The van der Waals surface area contributed by atoms with Crippen molar-refractivity contribution in [2.45, 2.75) is 19.0 Å². The summed E-state index contributed by atoms with van der Waals surface area (Å²) >= 11 is 0. The maximum absolute atomic E-state index is 5.39. The van der Waals surface area contributed by atoms with E-state index in [0.717, 1.165) is 6.42 Å². The molecule has 0 aliphatic heterocycles. The molecule has 0 unspecified atom stereocenters. The van der Waals surface area contributed by atoms with E-state index in [2.05, 4.69) is 6.92 Å². The van der Waals surface area contributed by atoms with Crippen molar-refractivity contribution in [2.75, 3.05) is 0 Å². The van der Waals surface area contributed by atoms with Crippen LogP contribution in [0, 0.1) is 5.92 Å². The van der Waals surface area contributed by atoms with Gasteiger partial charge in [-0.25, -0.2) is 0 Å². The average Bonchev–Trinajstić information content (AvgIpc) is 1.73. The summed E-state index contributed by atoms with van der Waals surface area (Å²) in [6.07, 6.45) is 0.993. The van der Waals surface area contributed by atoms with Gasteiger partial charge in [-0.2, -0.15) is 0 Å². The lowest BCUT2D eigenvalue weighted by Crippen LogP contribution is -2.34. The quantitative estimate of drug-likeness (QED) is 0.395. The van der Waals surface area contributed by atoms with Gasteiger partial charge in [0.15, 0.2) is 0 Å². The van der Waals surface area contributed by atoms with Gasteiger partial charge in [0.2, 0.25) is 0 Å². The minimum Gasteiger partial charge on any atom is -0.313 e. The van der Waals surface area contributed by atoms with Gasteiger partial charge in [0.1, 0.15) is 0 Å². The van der Waals surface area contributed by atoms with Crippen LogP contribution in [0.3, 0.4) is 0 Å². The molecule has 1 aliphatic rings. The maximum atomic E-state index is 5.39. The molecule has 0 amide bonds. The monoisotopic (exact) mass is 86.1 g/mol. The highest BCUT2D eigenvalue weighted by atomic mass is 15.0. The van der Waals surface area contributed by atoms with E-state index in [4.69, 9.17) is 11.5 Å². The van der Waals surface area contributed by atoms with Gasteiger partial charge in [0.25, 0.3) is 0 Å². The predicted molar refractivity (Wildman–Crippen MR) is 24.9 cm³/mol. The fourth-order valence-electron chi connectivity index (χ4n) is 0.471. The van der Waals surface area contributed by atoms with Gasteiger partial charge in [0.05, 0.1) is 5.66 Å². The molecule has 0 aromatic heterocycles. The molecule has 0 spiro atoms. The molecule has 1 atom stereocenters. The Bertz CT molecular complexity index is 67.9. The van der Waals surface area contributed by atoms with Crippen LogP contribution in [0.5, 0.6) is 0 Å². The first-order valence-electron chi connectivity index (χ1n) is 2.21. The molecule has 2 nitrogen and oxygen atoms in total. The summed E-state index contributed by atoms with van der Waals surface area (Å²) in [6, 6.07) is 0. The van der Waals surface area contributed by atoms with Gasteiger partial charge >= 0.3 is 0 Å². The van der Waals surface area contributed by atoms with Crippen LogP contribution < -0.4 is 11.5 Å². The molecule has 1 rings (SSSR count). The summed E-state index contributed by atoms with van der Waals surface area (Å²) < 4.78 is 0. The van der Waals surface area contributed by atoms with Gasteiger partial charge < -0.3 is 11.5 Å². The van der Waals surface area contributed by atoms with Crippen molar-refractivity contribution in [3.05, 3.63) is 0 Å². The Balaban J connectivity index is 2.41. The summed E-state index contributed by atoms with van der Waals surface area (Å²) in [4.78, 5) is 0. The Morgan fingerprint density at radius 1 is 1.67 bits per heavy atom. The third-order valence-electron chi connectivity index (χ3n) is 1.42. The summed E-state index contributed by atoms with van der Waals surface area (Å²) in [5.41, 5.74) is 10.5. The molecule has 2 heteroatoms. The molecule has 0 heterocycles. The van der Waals surface area contributed by atoms with Crippen LogP contribution in [0.25, 0.3) is 0 Å². The topological polar surface area (TPSA) is 52.0 Å². The minimum absolute atomic E-state index is 0.292. The third kappa shape index (κ3) is 0.420. The van der Waals surface area contributed by atoms with E-state index in [-0.39, 0.29) is 5.66 Å². The summed E-state index contributed by atoms with van der Waals surface area (Å²) in [5.74, 6) is 0.553. The molecule has 1 aliphatic carbocycles. The van der Waals surface area contributed by atoms with Crippen LogP contribution in [0.4, 0.5) is 0 Å². The normalized spacial score (nSPS) is 39.5. The molecule has 0 saturated heterocycles. The molecule has 6 heavy (non-hydrogen) atoms. The molecule has 0 aromatic rings. The first-order chi connectivity index (χ1) is 2.63. The van der Waals surface area contributed by atoms with Crippen molar-refractivity contribution in [1.29, 1.82) is 0 Å². The SMILES string of the molecule is C[C@@H]1CC1(N)N. The minimum atomic E-state index is -0.292. The first kappa shape index (κ1) is 4.09. The lowest BCUT2D eigenvalue weighted by Gasteiger charge is -1.94. The summed E-state index contributed by atoms with van der Waals surface area (Å²) in [6.45, 7) is 2.06. The Morgan fingerprint density at radius 2 is 1.83 bits per heavy atom. The predicted octanol–water partition coefficient (Wildman–Crippen LogP) is -0.360. The number of hydrogen-bond donors (Lipinski definition) is 2. The van der Waals surface area contributed by atoms with Crippen molar-refractivity contribution in [3.63, 3.8) is 0 Å². The van der Waals surface area contributed by atoms with Crippen molar-refractivity contribution < 1.29 is 0 Å². The highest BCUT2D eigenvalue weighted by Crippen LogP contribution is 2.34. The van der Waals surface area contributed by atoms with Gasteiger partial charge in [-0.1, -0.05) is 6.92 Å². The Kier molecular flexibility index (Phi) is 0.524. The maximum Gasteiger partial charge on any atom is 0.0667 e. The van der Waals surface area contributed by atoms with Crippen LogP contribution in [0.2, 0.25) is 0 Å². The lowest BCUT2D eigenvalue weighted by atomic mass is 10.4. The van der Waals surface area contributed by atoms with E-state index in [1.165, 1.54) is 0 Å². The second-order valence-electron chi connectivity index (χ2n) is 2.22. The van der Waals surface area contributed by atoms with Crippen LogP contribution in [0.1, 0.15) is 13.3 Å². The van der Waals surface area contributed by atoms with Gasteiger partial charge in [-0.15, -0.1) is 0 Å². The standard InChI is InChI=1S/C4H10N2/c1-3-2-4(3,5)6/h3H,2,5-6H2,1H3/t3-/m1/s1. The molecule has 4 N–H and O–H groups in total. The van der Waals surface area contributed by atoms with Crippen LogP contribution in [-0.4, -0.2) is 5.66 Å². The second-order valence-corrected chi connectivity index (χ2v) is 2.22. The molecule has 0 radical (unpaired) electrons. The second kappa shape index (κ2) is 0.768. The fourth-order valence-corrected chi connectivity index (χ4v) is 0.471. The zero-order valence-corrected chi connectivity index (χ0v) is 3.94. The lowest BCUT2D eigenvalue weighted by molar-refractivity contribution is 0.651. The molecule has 1 fully saturated rings. The average molecular weight is 86.1 g/mol. The highest BCUT2D eigenvalue weighted by molar-refractivity contribution is 4.99. The number of rotatable bonds is 0. The molecule has 0 aromatic carbocycles. The van der Waals surface area contributed by atoms with E-state index in [0.29, 0.717) is 5.92 Å². The molecular weight excluding hydrogens is 76.1 g/mol. The van der Waals surface area contributed by atoms with E-state index in [9.17, 15) is 0 Å². The van der Waals surface area contributed by atoms with Gasteiger partial charge in [-0.3, -0.25) is 0 Å². The fraction of sp³-hybridized carbons (Fsp3) is 1.00. The summed E-state index contributed by atoms with van der Waals surface area (Å²) in [7, 11) is 0. The Hall–Kier alpha value is -0.0800. The smallest absolute Gasteiger partial charge is 0.0667 e. The molecule has 0 bridgehead atoms. The van der Waals surface area contributed by atoms with Crippen molar-refractivity contribution in [1.82, 2.24) is 0 Å². The van der Waals surface area contributed by atoms with E-state index >= 15 is 0 Å². The van der Waals surface area contributed by atoms with E-state index in [1.807, 2.05) is 0 Å². The Labute approximate surface area is 37.5 Å². The van der Waals surface area contributed by atoms with Crippen LogP contribution in [-0.2, 0) is 0 Å². The van der Waals surface area contributed by atoms with Crippen molar-refractivity contribution in [2.24, 2.45) is 17.4 Å². The molecule has 36 valence electrons. The highest BCUT2D eigenvalue weighted by Gasteiger charge is 2.43. The van der Waals surface area contributed by atoms with Gasteiger partial charge in [-0.05, 0) is 12.3 Å². The zero-order chi connectivity index (χ0) is 4.78. The molecule has 1 saturated carbocycles. The van der Waals surface area contributed by atoms with E-state index < -0.39 is 0 Å². The van der Waals surface area contributed by atoms with Crippen LogP contribution >= 0.6 is 0 Å². The Morgan fingerprint density at radius 3 is 1.83 bits per heavy atom. The zero-order valence-electron chi connectivity index (χ0n) is 3.94. The van der Waals surface area contributed by atoms with Crippen LogP contribution in [0.15, 0.2) is 0 Å². The number of nitrogens with two attached hydrogens (primary N) is 2. The molecular formula is C4H10N2.